The molecule has 2 aromatic heterocycles. The SMILES string of the molecule is CSc1cc2ncnc(Oc3ccc(NC(=S)NC(=O)Cc4ccccc4)cc3F)c2s1. The van der Waals surface area contributed by atoms with Gasteiger partial charge in [0.1, 0.15) is 11.0 Å². The van der Waals surface area contributed by atoms with Gasteiger partial charge in [-0.05, 0) is 42.2 Å². The Morgan fingerprint density at radius 1 is 1.19 bits per heavy atom. The molecule has 0 aliphatic heterocycles. The second-order valence-electron chi connectivity index (χ2n) is 6.57. The van der Waals surface area contributed by atoms with Gasteiger partial charge < -0.3 is 15.4 Å². The second kappa shape index (κ2) is 10.0. The van der Waals surface area contributed by atoms with Gasteiger partial charge in [-0.2, -0.15) is 0 Å². The highest BCUT2D eigenvalue weighted by Crippen LogP contribution is 2.37. The van der Waals surface area contributed by atoms with Crippen molar-refractivity contribution in [2.24, 2.45) is 0 Å². The minimum Gasteiger partial charge on any atom is -0.434 e. The van der Waals surface area contributed by atoms with Gasteiger partial charge in [0, 0.05) is 11.8 Å². The predicted octanol–water partition coefficient (Wildman–Crippen LogP) is 5.40. The summed E-state index contributed by atoms with van der Waals surface area (Å²) in [6.07, 6.45) is 3.55. The van der Waals surface area contributed by atoms with Gasteiger partial charge in [0.05, 0.1) is 16.1 Å². The topological polar surface area (TPSA) is 76.1 Å². The van der Waals surface area contributed by atoms with Crippen LogP contribution < -0.4 is 15.4 Å². The van der Waals surface area contributed by atoms with Crippen molar-refractivity contribution in [2.75, 3.05) is 11.6 Å². The Balaban J connectivity index is 1.40. The molecule has 162 valence electrons. The highest BCUT2D eigenvalue weighted by Gasteiger charge is 2.14. The van der Waals surface area contributed by atoms with E-state index in [-0.39, 0.29) is 23.2 Å². The van der Waals surface area contributed by atoms with Gasteiger partial charge in [0.15, 0.2) is 16.7 Å². The van der Waals surface area contributed by atoms with Crippen LogP contribution in [-0.2, 0) is 11.2 Å². The summed E-state index contributed by atoms with van der Waals surface area (Å²) in [6.45, 7) is 0. The van der Waals surface area contributed by atoms with E-state index in [4.69, 9.17) is 17.0 Å². The summed E-state index contributed by atoms with van der Waals surface area (Å²) < 4.78 is 22.2. The number of nitrogens with one attached hydrogen (secondary N) is 2. The minimum absolute atomic E-state index is 0.0219. The average molecular weight is 485 g/mol. The Hall–Kier alpha value is -3.08. The van der Waals surface area contributed by atoms with Crippen LogP contribution >= 0.6 is 35.3 Å². The lowest BCUT2D eigenvalue weighted by molar-refractivity contribution is -0.119. The van der Waals surface area contributed by atoms with E-state index in [1.165, 1.54) is 29.8 Å². The summed E-state index contributed by atoms with van der Waals surface area (Å²) >= 11 is 8.24. The number of thiophene rings is 1. The first-order valence-electron chi connectivity index (χ1n) is 9.42. The van der Waals surface area contributed by atoms with E-state index in [0.29, 0.717) is 11.6 Å². The molecule has 0 atom stereocenters. The quantitative estimate of drug-likeness (QED) is 0.280. The smallest absolute Gasteiger partial charge is 0.240 e. The van der Waals surface area contributed by atoms with Gasteiger partial charge in [-0.1, -0.05) is 30.3 Å². The van der Waals surface area contributed by atoms with Crippen molar-refractivity contribution in [3.63, 3.8) is 0 Å². The predicted molar refractivity (Wildman–Crippen MR) is 130 cm³/mol. The van der Waals surface area contributed by atoms with Crippen molar-refractivity contribution in [3.8, 4) is 11.6 Å². The summed E-state index contributed by atoms with van der Waals surface area (Å²) in [7, 11) is 0. The molecule has 2 heterocycles. The van der Waals surface area contributed by atoms with Crippen molar-refractivity contribution >= 4 is 62.2 Å². The number of hydrogen-bond donors (Lipinski definition) is 2. The Morgan fingerprint density at radius 3 is 2.75 bits per heavy atom. The molecule has 0 spiro atoms. The minimum atomic E-state index is -0.596. The number of anilines is 1. The number of benzene rings is 2. The Bertz CT molecular complexity index is 1280. The molecule has 0 aliphatic rings. The zero-order chi connectivity index (χ0) is 22.5. The van der Waals surface area contributed by atoms with Gasteiger partial charge in [-0.25, -0.2) is 14.4 Å². The molecule has 4 rings (SSSR count). The van der Waals surface area contributed by atoms with E-state index < -0.39 is 5.82 Å². The van der Waals surface area contributed by atoms with Gasteiger partial charge in [-0.15, -0.1) is 23.1 Å². The maximum Gasteiger partial charge on any atom is 0.240 e. The monoisotopic (exact) mass is 484 g/mol. The van der Waals surface area contributed by atoms with E-state index in [1.807, 2.05) is 42.7 Å². The highest BCUT2D eigenvalue weighted by molar-refractivity contribution is 8.00. The number of halogens is 1. The molecule has 32 heavy (non-hydrogen) atoms. The lowest BCUT2D eigenvalue weighted by Crippen LogP contribution is -2.35. The van der Waals surface area contributed by atoms with Crippen molar-refractivity contribution in [2.45, 2.75) is 10.6 Å². The van der Waals surface area contributed by atoms with E-state index in [9.17, 15) is 9.18 Å². The molecule has 2 aromatic carbocycles. The molecule has 0 saturated carbocycles. The van der Waals surface area contributed by atoms with Crippen molar-refractivity contribution in [3.05, 3.63) is 72.3 Å². The van der Waals surface area contributed by atoms with E-state index in [1.54, 1.807) is 17.8 Å². The molecular formula is C22H17FN4O2S3. The Labute approximate surface area is 197 Å². The van der Waals surface area contributed by atoms with Crippen LogP contribution in [0.25, 0.3) is 10.2 Å². The molecule has 0 bridgehead atoms. The number of aromatic nitrogens is 2. The largest absolute Gasteiger partial charge is 0.434 e. The number of nitrogens with zero attached hydrogens (tertiary/aromatic N) is 2. The third-order valence-electron chi connectivity index (χ3n) is 4.31. The normalized spacial score (nSPS) is 10.7. The standard InChI is InChI=1S/C22H17FN4O2S3/c1-31-19-11-16-20(32-19)21(25-12-24-16)29-17-8-7-14(10-15(17)23)26-22(30)27-18(28)9-13-5-3-2-4-6-13/h2-8,10-12H,9H2,1H3,(H2,26,27,28,30). The molecule has 10 heteroatoms. The summed E-state index contributed by atoms with van der Waals surface area (Å²) in [6, 6.07) is 15.6. The molecule has 0 saturated heterocycles. The number of thiocarbonyl (C=S) groups is 1. The molecule has 4 aromatic rings. The van der Waals surface area contributed by atoms with E-state index >= 15 is 0 Å². The first-order valence-corrected chi connectivity index (χ1v) is 11.9. The maximum atomic E-state index is 14.7. The van der Waals surface area contributed by atoms with Crippen molar-refractivity contribution in [1.29, 1.82) is 0 Å². The summed E-state index contributed by atoms with van der Waals surface area (Å²) in [5, 5.41) is 5.48. The Morgan fingerprint density at radius 2 is 2.00 bits per heavy atom. The van der Waals surface area contributed by atoms with E-state index in [2.05, 4.69) is 20.6 Å². The fraction of sp³-hybridized carbons (Fsp3) is 0.0909. The van der Waals surface area contributed by atoms with E-state index in [0.717, 1.165) is 20.0 Å². The van der Waals surface area contributed by atoms with Crippen LogP contribution in [0.5, 0.6) is 11.6 Å². The van der Waals surface area contributed by atoms with Crippen LogP contribution in [-0.4, -0.2) is 27.2 Å². The molecular weight excluding hydrogens is 467 g/mol. The number of ether oxygens (including phenoxy) is 1. The zero-order valence-electron chi connectivity index (χ0n) is 16.8. The molecule has 2 N–H and O–H groups in total. The lowest BCUT2D eigenvalue weighted by Gasteiger charge is -2.11. The first kappa shape index (κ1) is 22.1. The molecule has 0 aliphatic carbocycles. The van der Waals surface area contributed by atoms with Gasteiger partial charge in [0.2, 0.25) is 11.8 Å². The van der Waals surface area contributed by atoms with Crippen LogP contribution in [0.4, 0.5) is 10.1 Å². The number of thioether (sulfide) groups is 1. The third kappa shape index (κ3) is 5.39. The van der Waals surface area contributed by atoms with Crippen LogP contribution in [0.3, 0.4) is 0 Å². The molecule has 1 amide bonds. The lowest BCUT2D eigenvalue weighted by atomic mass is 10.1. The number of fused-ring (bicyclic) bond motifs is 1. The van der Waals surface area contributed by atoms with Crippen LogP contribution in [0, 0.1) is 5.82 Å². The van der Waals surface area contributed by atoms with Crippen LogP contribution in [0.2, 0.25) is 0 Å². The zero-order valence-corrected chi connectivity index (χ0v) is 19.2. The summed E-state index contributed by atoms with van der Waals surface area (Å²) in [5.41, 5.74) is 2.00. The molecule has 0 unspecified atom stereocenters. The fourth-order valence-electron chi connectivity index (χ4n) is 2.86. The van der Waals surface area contributed by atoms with Gasteiger partial charge in [-0.3, -0.25) is 4.79 Å². The Kier molecular flexibility index (Phi) is 6.93. The number of carbonyl (C=O) groups excluding carboxylic acids is 1. The first-order chi connectivity index (χ1) is 15.5. The summed E-state index contributed by atoms with van der Waals surface area (Å²) in [4.78, 5) is 20.5. The van der Waals surface area contributed by atoms with Gasteiger partial charge >= 0.3 is 0 Å². The van der Waals surface area contributed by atoms with Crippen molar-refractivity contribution in [1.82, 2.24) is 15.3 Å². The maximum absolute atomic E-state index is 14.7. The third-order valence-corrected chi connectivity index (χ3v) is 6.70. The van der Waals surface area contributed by atoms with Gasteiger partial charge in [0.25, 0.3) is 0 Å². The molecule has 0 fully saturated rings. The fourth-order valence-corrected chi connectivity index (χ4v) is 4.68. The number of amides is 1. The van der Waals surface area contributed by atoms with Crippen LogP contribution in [0.1, 0.15) is 5.56 Å². The highest BCUT2D eigenvalue weighted by atomic mass is 32.2. The second-order valence-corrected chi connectivity index (χ2v) is 9.14. The van der Waals surface area contributed by atoms with Crippen molar-refractivity contribution < 1.29 is 13.9 Å². The number of hydrogen-bond acceptors (Lipinski definition) is 7. The molecule has 6 nitrogen and oxygen atoms in total. The number of rotatable bonds is 6. The molecule has 0 radical (unpaired) electrons. The van der Waals surface area contributed by atoms with Crippen LogP contribution in [0.15, 0.2) is 65.1 Å². The summed E-state index contributed by atoms with van der Waals surface area (Å²) in [5.74, 6) is -0.540. The average Bonchev–Trinajstić information content (AvgIpc) is 3.20. The number of carbonyl (C=O) groups is 1.